The number of carbonyl (C=O) groups excluding carboxylic acids is 1. The number of benzene rings is 2. The Labute approximate surface area is 183 Å². The molecular weight excluding hydrogens is 390 g/mol. The van der Waals surface area contributed by atoms with Gasteiger partial charge in [0.2, 0.25) is 0 Å². The predicted octanol–water partition coefficient (Wildman–Crippen LogP) is 4.64. The van der Waals surface area contributed by atoms with Gasteiger partial charge in [-0.05, 0) is 84.7 Å². The van der Waals surface area contributed by atoms with Crippen molar-refractivity contribution in [3.05, 3.63) is 59.2 Å². The second-order valence-electron chi connectivity index (χ2n) is 9.40. The lowest BCUT2D eigenvalue weighted by Gasteiger charge is -2.34. The van der Waals surface area contributed by atoms with Gasteiger partial charge in [0.1, 0.15) is 6.10 Å². The van der Waals surface area contributed by atoms with Crippen LogP contribution in [0.15, 0.2) is 42.5 Å². The number of aryl methyl sites for hydroxylation is 1. The fraction of sp³-hybridized carbons (Fsp3) is 0.462. The molecule has 1 saturated carbocycles. The summed E-state index contributed by atoms with van der Waals surface area (Å²) in [7, 11) is 0. The summed E-state index contributed by atoms with van der Waals surface area (Å²) < 4.78 is 5.58. The van der Waals surface area contributed by atoms with Crippen molar-refractivity contribution in [1.29, 1.82) is 0 Å². The van der Waals surface area contributed by atoms with E-state index < -0.39 is 5.97 Å². The van der Waals surface area contributed by atoms with Gasteiger partial charge in [-0.3, -0.25) is 4.79 Å². The number of nitrogens with zero attached hydrogens (tertiary/aromatic N) is 1. The van der Waals surface area contributed by atoms with Crippen molar-refractivity contribution in [2.24, 2.45) is 5.41 Å². The minimum absolute atomic E-state index is 0.188. The lowest BCUT2D eigenvalue weighted by molar-refractivity contribution is -0.142. The number of ether oxygens (including phenoxy) is 1. The van der Waals surface area contributed by atoms with Gasteiger partial charge in [0.25, 0.3) is 5.91 Å². The van der Waals surface area contributed by atoms with E-state index in [0.717, 1.165) is 55.5 Å². The van der Waals surface area contributed by atoms with Crippen molar-refractivity contribution in [2.45, 2.75) is 51.0 Å². The van der Waals surface area contributed by atoms with Crippen LogP contribution in [0.1, 0.15) is 59.5 Å². The van der Waals surface area contributed by atoms with Crippen LogP contribution in [-0.2, 0) is 9.53 Å². The molecule has 5 rings (SSSR count). The molecule has 1 N–H and O–H groups in total. The third-order valence-electron chi connectivity index (χ3n) is 7.57. The molecule has 1 amide bonds. The number of piperidine rings is 1. The van der Waals surface area contributed by atoms with Gasteiger partial charge in [-0.15, -0.1) is 0 Å². The summed E-state index contributed by atoms with van der Waals surface area (Å²) in [6.45, 7) is 4.41. The summed E-state index contributed by atoms with van der Waals surface area (Å²) in [5, 5.41) is 9.30. The van der Waals surface area contributed by atoms with Crippen LogP contribution in [0.4, 0.5) is 0 Å². The van der Waals surface area contributed by atoms with Crippen LogP contribution in [0, 0.1) is 12.3 Å². The van der Waals surface area contributed by atoms with E-state index in [4.69, 9.17) is 4.74 Å². The first-order valence-electron chi connectivity index (χ1n) is 11.3. The molecule has 2 atom stereocenters. The Hall–Kier alpha value is -2.66. The zero-order chi connectivity index (χ0) is 21.6. The van der Waals surface area contributed by atoms with E-state index in [1.807, 2.05) is 17.9 Å². The van der Waals surface area contributed by atoms with E-state index in [2.05, 4.69) is 24.3 Å². The number of carboxylic acid groups (broad SMARTS) is 1. The van der Waals surface area contributed by atoms with Crippen molar-refractivity contribution in [2.75, 3.05) is 19.7 Å². The highest BCUT2D eigenvalue weighted by Gasteiger charge is 2.55. The number of hydrogen-bond donors (Lipinski definition) is 1. The summed E-state index contributed by atoms with van der Waals surface area (Å²) in [5.41, 5.74) is 5.11. The number of carbonyl (C=O) groups is 2. The zero-order valence-corrected chi connectivity index (χ0v) is 18.0. The van der Waals surface area contributed by atoms with Gasteiger partial charge in [-0.2, -0.15) is 0 Å². The van der Waals surface area contributed by atoms with Crippen molar-refractivity contribution in [1.82, 2.24) is 4.90 Å². The first-order chi connectivity index (χ1) is 15.0. The number of aromatic carboxylic acids is 1. The van der Waals surface area contributed by atoms with Crippen LogP contribution < -0.4 is 0 Å². The topological polar surface area (TPSA) is 66.8 Å². The van der Waals surface area contributed by atoms with Crippen LogP contribution in [0.25, 0.3) is 11.1 Å². The number of hydrogen-bond acceptors (Lipinski definition) is 3. The highest BCUT2D eigenvalue weighted by Crippen LogP contribution is 2.65. The molecule has 5 nitrogen and oxygen atoms in total. The summed E-state index contributed by atoms with van der Waals surface area (Å²) >= 11 is 0. The van der Waals surface area contributed by atoms with Gasteiger partial charge < -0.3 is 14.7 Å². The van der Waals surface area contributed by atoms with E-state index >= 15 is 0 Å². The second kappa shape index (κ2) is 7.79. The van der Waals surface area contributed by atoms with E-state index in [1.165, 1.54) is 12.0 Å². The van der Waals surface area contributed by atoms with Crippen molar-refractivity contribution in [3.63, 3.8) is 0 Å². The molecule has 1 aliphatic carbocycles. The zero-order valence-electron chi connectivity index (χ0n) is 18.0. The van der Waals surface area contributed by atoms with E-state index in [1.54, 1.807) is 12.1 Å². The molecule has 0 bridgehead atoms. The Morgan fingerprint density at radius 2 is 1.84 bits per heavy atom. The lowest BCUT2D eigenvalue weighted by Crippen LogP contribution is -2.44. The fourth-order valence-corrected chi connectivity index (χ4v) is 5.48. The largest absolute Gasteiger partial charge is 0.478 e. The molecule has 2 aromatic rings. The monoisotopic (exact) mass is 419 g/mol. The molecule has 3 fully saturated rings. The van der Waals surface area contributed by atoms with Gasteiger partial charge in [-0.25, -0.2) is 4.79 Å². The minimum Gasteiger partial charge on any atom is -0.478 e. The van der Waals surface area contributed by atoms with Crippen molar-refractivity contribution >= 4 is 11.9 Å². The molecular formula is C26H29NO4. The van der Waals surface area contributed by atoms with Gasteiger partial charge in [-0.1, -0.05) is 30.3 Å². The third kappa shape index (κ3) is 3.76. The van der Waals surface area contributed by atoms with E-state index in [0.29, 0.717) is 23.5 Å². The van der Waals surface area contributed by atoms with Gasteiger partial charge in [0.15, 0.2) is 0 Å². The average molecular weight is 420 g/mol. The van der Waals surface area contributed by atoms with E-state index in [-0.39, 0.29) is 12.0 Å². The Bertz CT molecular complexity index is 999. The van der Waals surface area contributed by atoms with Crippen molar-refractivity contribution < 1.29 is 19.4 Å². The van der Waals surface area contributed by atoms with E-state index in [9.17, 15) is 14.7 Å². The number of carboxylic acids is 1. The summed E-state index contributed by atoms with van der Waals surface area (Å²) in [6.07, 6.45) is 4.98. The Morgan fingerprint density at radius 3 is 2.48 bits per heavy atom. The quantitative estimate of drug-likeness (QED) is 0.784. The predicted molar refractivity (Wildman–Crippen MR) is 118 cm³/mol. The molecule has 2 heterocycles. The molecule has 2 aliphatic heterocycles. The Kier molecular flexibility index (Phi) is 5.09. The normalized spacial score (nSPS) is 24.4. The van der Waals surface area contributed by atoms with Crippen LogP contribution in [-0.4, -0.2) is 47.7 Å². The smallest absolute Gasteiger partial charge is 0.335 e. The maximum Gasteiger partial charge on any atom is 0.335 e. The average Bonchev–Trinajstić information content (AvgIpc) is 3.21. The maximum absolute atomic E-state index is 12.6. The SMILES string of the molecule is Cc1ccc(C(=O)O)cc1-c1ccc([C@@H]2CC23CCN(C(=O)[C@H]2CCCO2)CC3)cc1. The second-order valence-corrected chi connectivity index (χ2v) is 9.40. The third-order valence-corrected chi connectivity index (χ3v) is 7.57. The molecule has 1 spiro atoms. The van der Waals surface area contributed by atoms with Crippen LogP contribution in [0.2, 0.25) is 0 Å². The van der Waals surface area contributed by atoms with Gasteiger partial charge in [0.05, 0.1) is 5.56 Å². The number of likely N-dealkylation sites (tertiary alicyclic amines) is 1. The number of amides is 1. The van der Waals surface area contributed by atoms with Crippen LogP contribution >= 0.6 is 0 Å². The highest BCUT2D eigenvalue weighted by atomic mass is 16.5. The summed E-state index contributed by atoms with van der Waals surface area (Å²) in [6, 6.07) is 13.9. The molecule has 2 saturated heterocycles. The molecule has 0 aromatic heterocycles. The lowest BCUT2D eigenvalue weighted by atomic mass is 9.88. The highest BCUT2D eigenvalue weighted by molar-refractivity contribution is 5.90. The molecule has 3 aliphatic rings. The molecule has 162 valence electrons. The first-order valence-corrected chi connectivity index (χ1v) is 11.3. The van der Waals surface area contributed by atoms with Gasteiger partial charge in [0, 0.05) is 19.7 Å². The minimum atomic E-state index is -0.901. The van der Waals surface area contributed by atoms with Crippen LogP contribution in [0.5, 0.6) is 0 Å². The standard InChI is InChI=1S/C26H29NO4/c1-17-4-5-20(25(29)30)15-21(17)18-6-8-19(9-7-18)22-16-26(22)10-12-27(13-11-26)24(28)23-3-2-14-31-23/h4-9,15,22-23H,2-3,10-14,16H2,1H3,(H,29,30)/t22-,23+/m0/s1. The maximum atomic E-state index is 12.6. The molecule has 5 heteroatoms. The molecule has 0 radical (unpaired) electrons. The summed E-state index contributed by atoms with van der Waals surface area (Å²) in [5.74, 6) is -0.150. The first kappa shape index (κ1) is 20.3. The Balaban J connectivity index is 1.25. The molecule has 31 heavy (non-hydrogen) atoms. The fourth-order valence-electron chi connectivity index (χ4n) is 5.48. The number of rotatable bonds is 4. The van der Waals surface area contributed by atoms with Crippen LogP contribution in [0.3, 0.4) is 0 Å². The molecule has 2 aromatic carbocycles. The summed E-state index contributed by atoms with van der Waals surface area (Å²) in [4.78, 5) is 26.0. The molecule has 0 unspecified atom stereocenters. The Morgan fingerprint density at radius 1 is 1.10 bits per heavy atom. The van der Waals surface area contributed by atoms with Gasteiger partial charge >= 0.3 is 5.97 Å². The van der Waals surface area contributed by atoms with Crippen molar-refractivity contribution in [3.8, 4) is 11.1 Å².